The van der Waals surface area contributed by atoms with Crippen LogP contribution in [0, 0.1) is 0 Å². The Morgan fingerprint density at radius 2 is 2.19 bits per heavy atom. The molecule has 1 aliphatic heterocycles. The Balaban J connectivity index is 2.25. The number of nitrogens with one attached hydrogen (secondary N) is 1. The van der Waals surface area contributed by atoms with Crippen LogP contribution in [-0.4, -0.2) is 53.0 Å². The molecule has 1 saturated heterocycles. The summed E-state index contributed by atoms with van der Waals surface area (Å²) in [5.41, 5.74) is -0.637. The largest absolute Gasteiger partial charge is 0.480 e. The number of carbonyl (C=O) groups excluding carboxylic acids is 1. The minimum Gasteiger partial charge on any atom is -0.480 e. The molecule has 0 aromatic rings. The van der Waals surface area contributed by atoms with Crippen molar-refractivity contribution in [2.24, 2.45) is 0 Å². The van der Waals surface area contributed by atoms with Crippen LogP contribution >= 0.6 is 11.8 Å². The zero-order valence-corrected chi connectivity index (χ0v) is 13.7. The number of aliphatic carboxylic acids is 1. The average molecular weight is 319 g/mol. The molecule has 0 aromatic carbocycles. The van der Waals surface area contributed by atoms with Crippen molar-refractivity contribution >= 4 is 23.8 Å². The molecular formula is C14H25NO5S. The quantitative estimate of drug-likeness (QED) is 0.700. The van der Waals surface area contributed by atoms with E-state index in [9.17, 15) is 9.59 Å². The van der Waals surface area contributed by atoms with Gasteiger partial charge in [-0.3, -0.25) is 0 Å². The van der Waals surface area contributed by atoms with Crippen LogP contribution in [0.5, 0.6) is 0 Å². The number of carboxylic acid groups (broad SMARTS) is 1. The van der Waals surface area contributed by atoms with Crippen LogP contribution in [0.25, 0.3) is 0 Å². The second-order valence-electron chi connectivity index (χ2n) is 6.04. The van der Waals surface area contributed by atoms with E-state index in [0.717, 1.165) is 25.2 Å². The lowest BCUT2D eigenvalue weighted by Crippen LogP contribution is -2.43. The van der Waals surface area contributed by atoms with Gasteiger partial charge >= 0.3 is 12.1 Å². The zero-order valence-electron chi connectivity index (χ0n) is 12.9. The molecule has 1 fully saturated rings. The standard InChI is InChI=1S/C14H25NO5S/c1-14(2,3)20-13(18)15-11(12(16)17)6-8-21-9-10-5-4-7-19-10/h10-11H,4-9H2,1-3H3,(H,15,18)(H,16,17). The van der Waals surface area contributed by atoms with Crippen molar-refractivity contribution < 1.29 is 24.2 Å². The van der Waals surface area contributed by atoms with E-state index in [1.165, 1.54) is 0 Å². The monoisotopic (exact) mass is 319 g/mol. The van der Waals surface area contributed by atoms with Crippen molar-refractivity contribution in [3.05, 3.63) is 0 Å². The van der Waals surface area contributed by atoms with E-state index < -0.39 is 23.7 Å². The average Bonchev–Trinajstić information content (AvgIpc) is 2.83. The van der Waals surface area contributed by atoms with Gasteiger partial charge in [0.25, 0.3) is 0 Å². The van der Waals surface area contributed by atoms with Crippen LogP contribution in [0.3, 0.4) is 0 Å². The van der Waals surface area contributed by atoms with Gasteiger partial charge in [0, 0.05) is 12.4 Å². The van der Waals surface area contributed by atoms with Crippen molar-refractivity contribution in [1.82, 2.24) is 5.32 Å². The van der Waals surface area contributed by atoms with Crippen LogP contribution in [-0.2, 0) is 14.3 Å². The predicted molar refractivity (Wildman–Crippen MR) is 81.7 cm³/mol. The summed E-state index contributed by atoms with van der Waals surface area (Å²) in [6.45, 7) is 6.03. The van der Waals surface area contributed by atoms with Crippen molar-refractivity contribution in [3.8, 4) is 0 Å². The Morgan fingerprint density at radius 3 is 2.71 bits per heavy atom. The number of thioether (sulfide) groups is 1. The maximum absolute atomic E-state index is 11.6. The summed E-state index contributed by atoms with van der Waals surface area (Å²) in [5, 5.41) is 11.5. The highest BCUT2D eigenvalue weighted by Gasteiger charge is 2.24. The SMILES string of the molecule is CC(C)(C)OC(=O)NC(CCSCC1CCCO1)C(=O)O. The lowest BCUT2D eigenvalue weighted by molar-refractivity contribution is -0.139. The van der Waals surface area contributed by atoms with Gasteiger partial charge in [-0.15, -0.1) is 0 Å². The highest BCUT2D eigenvalue weighted by atomic mass is 32.2. The molecule has 6 nitrogen and oxygen atoms in total. The van der Waals surface area contributed by atoms with E-state index in [4.69, 9.17) is 14.6 Å². The molecule has 0 aromatic heterocycles. The summed E-state index contributed by atoms with van der Waals surface area (Å²) >= 11 is 1.66. The third-order valence-corrected chi connectivity index (χ3v) is 4.00. The third kappa shape index (κ3) is 8.16. The molecule has 1 rings (SSSR count). The van der Waals surface area contributed by atoms with Crippen LogP contribution in [0.2, 0.25) is 0 Å². The number of alkyl carbamates (subject to hydrolysis) is 1. The molecule has 1 amide bonds. The molecule has 1 heterocycles. The first-order valence-electron chi connectivity index (χ1n) is 7.19. The fourth-order valence-electron chi connectivity index (χ4n) is 1.90. The van der Waals surface area contributed by atoms with Gasteiger partial charge in [-0.25, -0.2) is 9.59 Å². The van der Waals surface area contributed by atoms with Crippen molar-refractivity contribution in [2.75, 3.05) is 18.1 Å². The molecule has 0 spiro atoms. The highest BCUT2D eigenvalue weighted by molar-refractivity contribution is 7.99. The molecular weight excluding hydrogens is 294 g/mol. The molecule has 122 valence electrons. The molecule has 2 N–H and O–H groups in total. The third-order valence-electron chi connectivity index (χ3n) is 2.87. The van der Waals surface area contributed by atoms with E-state index in [2.05, 4.69) is 5.32 Å². The first kappa shape index (κ1) is 18.1. The smallest absolute Gasteiger partial charge is 0.408 e. The van der Waals surface area contributed by atoms with Gasteiger partial charge in [-0.05, 0) is 45.8 Å². The lowest BCUT2D eigenvalue weighted by Gasteiger charge is -2.22. The maximum Gasteiger partial charge on any atom is 0.408 e. The van der Waals surface area contributed by atoms with Crippen molar-refractivity contribution in [3.63, 3.8) is 0 Å². The molecule has 2 atom stereocenters. The number of hydrogen-bond donors (Lipinski definition) is 2. The van der Waals surface area contributed by atoms with Gasteiger partial charge in [0.1, 0.15) is 11.6 Å². The van der Waals surface area contributed by atoms with E-state index in [0.29, 0.717) is 12.2 Å². The molecule has 0 saturated carbocycles. The van der Waals surface area contributed by atoms with Gasteiger partial charge in [0.05, 0.1) is 6.10 Å². The minimum absolute atomic E-state index is 0.289. The Morgan fingerprint density at radius 1 is 1.48 bits per heavy atom. The topological polar surface area (TPSA) is 84.9 Å². The fraction of sp³-hybridized carbons (Fsp3) is 0.857. The summed E-state index contributed by atoms with van der Waals surface area (Å²) in [6, 6.07) is -0.920. The molecule has 0 radical (unpaired) electrons. The summed E-state index contributed by atoms with van der Waals surface area (Å²) in [6.07, 6.45) is 2.14. The van der Waals surface area contributed by atoms with Gasteiger partial charge in [-0.2, -0.15) is 11.8 Å². The van der Waals surface area contributed by atoms with E-state index in [1.54, 1.807) is 32.5 Å². The Bertz CT molecular complexity index is 350. The number of carbonyl (C=O) groups is 2. The number of amides is 1. The Hall–Kier alpha value is -0.950. The number of carboxylic acids is 1. The molecule has 7 heteroatoms. The van der Waals surface area contributed by atoms with Gasteiger partial charge in [-0.1, -0.05) is 0 Å². The Kier molecular flexibility index (Phi) is 7.31. The normalized spacial score (nSPS) is 20.0. The van der Waals surface area contributed by atoms with E-state index in [-0.39, 0.29) is 6.10 Å². The summed E-state index contributed by atoms with van der Waals surface area (Å²) < 4.78 is 10.6. The van der Waals surface area contributed by atoms with Crippen LogP contribution in [0.4, 0.5) is 4.79 Å². The predicted octanol–water partition coefficient (Wildman–Crippen LogP) is 2.27. The lowest BCUT2D eigenvalue weighted by atomic mass is 10.2. The molecule has 21 heavy (non-hydrogen) atoms. The number of ether oxygens (including phenoxy) is 2. The molecule has 0 aliphatic carbocycles. The Labute approximate surface area is 129 Å². The van der Waals surface area contributed by atoms with E-state index >= 15 is 0 Å². The molecule has 2 unspecified atom stereocenters. The van der Waals surface area contributed by atoms with Gasteiger partial charge in [0.2, 0.25) is 0 Å². The minimum atomic E-state index is -1.04. The number of hydrogen-bond acceptors (Lipinski definition) is 5. The van der Waals surface area contributed by atoms with Crippen LogP contribution < -0.4 is 5.32 Å². The van der Waals surface area contributed by atoms with E-state index in [1.807, 2.05) is 0 Å². The first-order chi connectivity index (χ1) is 9.78. The van der Waals surface area contributed by atoms with Crippen LogP contribution in [0.1, 0.15) is 40.0 Å². The second-order valence-corrected chi connectivity index (χ2v) is 7.19. The second kappa shape index (κ2) is 8.48. The van der Waals surface area contributed by atoms with Crippen molar-refractivity contribution in [1.29, 1.82) is 0 Å². The first-order valence-corrected chi connectivity index (χ1v) is 8.35. The summed E-state index contributed by atoms with van der Waals surface area (Å²) in [7, 11) is 0. The van der Waals surface area contributed by atoms with Crippen molar-refractivity contribution in [2.45, 2.75) is 57.8 Å². The zero-order chi connectivity index (χ0) is 15.9. The highest BCUT2D eigenvalue weighted by Crippen LogP contribution is 2.18. The fourth-order valence-corrected chi connectivity index (χ4v) is 2.99. The van der Waals surface area contributed by atoms with Crippen LogP contribution in [0.15, 0.2) is 0 Å². The molecule has 1 aliphatic rings. The van der Waals surface area contributed by atoms with Gasteiger partial charge < -0.3 is 19.9 Å². The summed E-state index contributed by atoms with van der Waals surface area (Å²) in [5.74, 6) is 0.490. The molecule has 0 bridgehead atoms. The maximum atomic E-state index is 11.6. The summed E-state index contributed by atoms with van der Waals surface area (Å²) in [4.78, 5) is 22.7. The van der Waals surface area contributed by atoms with Gasteiger partial charge in [0.15, 0.2) is 0 Å². The number of rotatable bonds is 7.